The molecule has 1 aromatic carbocycles. The van der Waals surface area contributed by atoms with Crippen LogP contribution < -0.4 is 11.1 Å². The maximum atomic E-state index is 12.3. The third-order valence-corrected chi connectivity index (χ3v) is 3.63. The normalized spacial score (nSPS) is 13.4. The fourth-order valence-electron chi connectivity index (χ4n) is 1.99. The number of amides is 1. The number of hydrogen-bond donors (Lipinski definition) is 1. The molecule has 0 spiro atoms. The monoisotopic (exact) mass is 276 g/mol. The zero-order valence-corrected chi connectivity index (χ0v) is 12.3. The lowest BCUT2D eigenvalue weighted by Crippen LogP contribution is -2.46. The lowest BCUT2D eigenvalue weighted by atomic mass is 10.0. The van der Waals surface area contributed by atoms with Crippen LogP contribution in [0, 0.1) is 0 Å². The van der Waals surface area contributed by atoms with Crippen LogP contribution in [0.5, 0.6) is 0 Å². The first kappa shape index (κ1) is 14.4. The summed E-state index contributed by atoms with van der Waals surface area (Å²) in [4.78, 5) is 24.2. The lowest BCUT2D eigenvalue weighted by molar-refractivity contribution is -0.125. The van der Waals surface area contributed by atoms with Gasteiger partial charge in [0.15, 0.2) is 5.58 Å². The van der Waals surface area contributed by atoms with E-state index in [2.05, 4.69) is 5.32 Å². The van der Waals surface area contributed by atoms with Crippen molar-refractivity contribution in [3.63, 3.8) is 0 Å². The van der Waals surface area contributed by atoms with Gasteiger partial charge in [-0.15, -0.1) is 0 Å². The first-order chi connectivity index (χ1) is 9.35. The summed E-state index contributed by atoms with van der Waals surface area (Å²) in [5.74, 6) is -0.700. The number of para-hydroxylation sites is 2. The molecule has 1 amide bonds. The Labute approximate surface area is 117 Å². The largest absolute Gasteiger partial charge is 0.420 e. The summed E-state index contributed by atoms with van der Waals surface area (Å²) in [6.07, 6.45) is 0.812. The number of carbonyl (C=O) groups is 1. The number of benzene rings is 1. The molecule has 2 aromatic rings. The van der Waals surface area contributed by atoms with Crippen molar-refractivity contribution in [2.45, 2.75) is 45.7 Å². The zero-order chi connectivity index (χ0) is 14.9. The van der Waals surface area contributed by atoms with Gasteiger partial charge in [-0.2, -0.15) is 0 Å². The van der Waals surface area contributed by atoms with E-state index >= 15 is 0 Å². The Bertz CT molecular complexity index is 682. The fraction of sp³-hybridized carbons (Fsp3) is 0.467. The first-order valence-electron chi connectivity index (χ1n) is 6.78. The number of carbonyl (C=O) groups excluding carboxylic acids is 1. The van der Waals surface area contributed by atoms with Gasteiger partial charge in [0, 0.05) is 5.54 Å². The molecule has 1 unspecified atom stereocenters. The lowest BCUT2D eigenvalue weighted by Gasteiger charge is -2.26. The molecule has 108 valence electrons. The summed E-state index contributed by atoms with van der Waals surface area (Å²) in [5, 5.41) is 2.95. The minimum Gasteiger partial charge on any atom is -0.408 e. The van der Waals surface area contributed by atoms with Gasteiger partial charge in [0.05, 0.1) is 5.52 Å². The molecule has 2 rings (SSSR count). The molecule has 1 N–H and O–H groups in total. The topological polar surface area (TPSA) is 64.2 Å². The van der Waals surface area contributed by atoms with Crippen LogP contribution in [-0.2, 0) is 4.79 Å². The Morgan fingerprint density at radius 3 is 2.70 bits per heavy atom. The standard InChI is InChI=1S/C15H20N2O3/c1-5-15(3,4)16-13(18)10(2)17-11-8-6-7-9-12(11)20-14(17)19/h6-10H,5H2,1-4H3,(H,16,18). The third kappa shape index (κ3) is 2.61. The molecule has 1 aromatic heterocycles. The maximum Gasteiger partial charge on any atom is 0.420 e. The van der Waals surface area contributed by atoms with Crippen molar-refractivity contribution in [2.75, 3.05) is 0 Å². The molecule has 1 atom stereocenters. The molecular weight excluding hydrogens is 256 g/mol. The Balaban J connectivity index is 2.36. The summed E-state index contributed by atoms with van der Waals surface area (Å²) in [5.41, 5.74) is 0.829. The van der Waals surface area contributed by atoms with E-state index in [0.717, 1.165) is 6.42 Å². The molecule has 0 radical (unpaired) electrons. The summed E-state index contributed by atoms with van der Waals surface area (Å²) >= 11 is 0. The van der Waals surface area contributed by atoms with E-state index < -0.39 is 11.8 Å². The van der Waals surface area contributed by atoms with Crippen LogP contribution >= 0.6 is 0 Å². The molecular formula is C15H20N2O3. The fourth-order valence-corrected chi connectivity index (χ4v) is 1.99. The average molecular weight is 276 g/mol. The summed E-state index contributed by atoms with van der Waals surface area (Å²) < 4.78 is 6.54. The Kier molecular flexibility index (Phi) is 3.70. The average Bonchev–Trinajstić information content (AvgIpc) is 2.73. The predicted molar refractivity (Wildman–Crippen MR) is 77.7 cm³/mol. The molecule has 1 heterocycles. The van der Waals surface area contributed by atoms with E-state index in [1.54, 1.807) is 25.1 Å². The minimum absolute atomic E-state index is 0.189. The molecule has 20 heavy (non-hydrogen) atoms. The summed E-state index contributed by atoms with van der Waals surface area (Å²) in [7, 11) is 0. The van der Waals surface area contributed by atoms with E-state index in [4.69, 9.17) is 4.42 Å². The Hall–Kier alpha value is -2.04. The highest BCUT2D eigenvalue weighted by Gasteiger charge is 2.25. The van der Waals surface area contributed by atoms with E-state index in [9.17, 15) is 9.59 Å². The van der Waals surface area contributed by atoms with Gasteiger partial charge in [0.2, 0.25) is 5.91 Å². The zero-order valence-electron chi connectivity index (χ0n) is 12.3. The van der Waals surface area contributed by atoms with E-state index in [0.29, 0.717) is 11.1 Å². The van der Waals surface area contributed by atoms with Gasteiger partial charge < -0.3 is 9.73 Å². The highest BCUT2D eigenvalue weighted by atomic mass is 16.4. The van der Waals surface area contributed by atoms with Crippen LogP contribution in [-0.4, -0.2) is 16.0 Å². The van der Waals surface area contributed by atoms with Gasteiger partial charge in [-0.3, -0.25) is 9.36 Å². The Morgan fingerprint density at radius 2 is 2.05 bits per heavy atom. The molecule has 5 heteroatoms. The maximum absolute atomic E-state index is 12.3. The van der Waals surface area contributed by atoms with Gasteiger partial charge >= 0.3 is 5.76 Å². The van der Waals surface area contributed by atoms with Crippen molar-refractivity contribution >= 4 is 17.0 Å². The molecule has 0 aliphatic heterocycles. The number of fused-ring (bicyclic) bond motifs is 1. The van der Waals surface area contributed by atoms with Crippen LogP contribution in [0.1, 0.15) is 40.2 Å². The van der Waals surface area contributed by atoms with Crippen LogP contribution in [0.25, 0.3) is 11.1 Å². The third-order valence-electron chi connectivity index (χ3n) is 3.63. The quantitative estimate of drug-likeness (QED) is 0.933. The highest BCUT2D eigenvalue weighted by Crippen LogP contribution is 2.18. The van der Waals surface area contributed by atoms with Gasteiger partial charge in [0.25, 0.3) is 0 Å². The second kappa shape index (κ2) is 5.15. The first-order valence-corrected chi connectivity index (χ1v) is 6.78. The van der Waals surface area contributed by atoms with E-state index in [1.165, 1.54) is 4.57 Å². The molecule has 0 bridgehead atoms. The number of nitrogens with one attached hydrogen (secondary N) is 1. The number of aromatic nitrogens is 1. The SMILES string of the molecule is CCC(C)(C)NC(=O)C(C)n1c(=O)oc2ccccc21. The Morgan fingerprint density at radius 1 is 1.40 bits per heavy atom. The molecule has 0 aliphatic carbocycles. The summed E-state index contributed by atoms with van der Waals surface area (Å²) in [6, 6.07) is 6.48. The predicted octanol–water partition coefficient (Wildman–Crippen LogP) is 2.46. The number of nitrogens with zero attached hydrogens (tertiary/aromatic N) is 1. The van der Waals surface area contributed by atoms with Gasteiger partial charge in [-0.25, -0.2) is 4.79 Å². The second-order valence-corrected chi connectivity index (χ2v) is 5.61. The molecule has 0 saturated carbocycles. The van der Waals surface area contributed by atoms with Gasteiger partial charge in [-0.1, -0.05) is 19.1 Å². The molecule has 0 saturated heterocycles. The number of hydrogen-bond acceptors (Lipinski definition) is 3. The highest BCUT2D eigenvalue weighted by molar-refractivity contribution is 5.83. The van der Waals surface area contributed by atoms with Crippen molar-refractivity contribution in [2.24, 2.45) is 0 Å². The van der Waals surface area contributed by atoms with Crippen LogP contribution in [0.15, 0.2) is 33.5 Å². The van der Waals surface area contributed by atoms with Crippen molar-refractivity contribution in [1.29, 1.82) is 0 Å². The van der Waals surface area contributed by atoms with Crippen LogP contribution in [0.4, 0.5) is 0 Å². The molecule has 5 nitrogen and oxygen atoms in total. The number of rotatable bonds is 4. The van der Waals surface area contributed by atoms with Crippen molar-refractivity contribution < 1.29 is 9.21 Å². The molecule has 0 aliphatic rings. The molecule has 0 fully saturated rings. The van der Waals surface area contributed by atoms with E-state index in [1.807, 2.05) is 26.8 Å². The van der Waals surface area contributed by atoms with Crippen LogP contribution in [0.2, 0.25) is 0 Å². The minimum atomic E-state index is -0.614. The smallest absolute Gasteiger partial charge is 0.408 e. The van der Waals surface area contributed by atoms with Crippen molar-refractivity contribution in [3.05, 3.63) is 34.8 Å². The van der Waals surface area contributed by atoms with E-state index in [-0.39, 0.29) is 11.4 Å². The van der Waals surface area contributed by atoms with Gasteiger partial charge in [0.1, 0.15) is 6.04 Å². The van der Waals surface area contributed by atoms with Crippen molar-refractivity contribution in [1.82, 2.24) is 9.88 Å². The second-order valence-electron chi connectivity index (χ2n) is 5.61. The van der Waals surface area contributed by atoms with Gasteiger partial charge in [-0.05, 0) is 39.3 Å². The summed E-state index contributed by atoms with van der Waals surface area (Å²) in [6.45, 7) is 7.61. The van der Waals surface area contributed by atoms with Crippen molar-refractivity contribution in [3.8, 4) is 0 Å². The van der Waals surface area contributed by atoms with Crippen LogP contribution in [0.3, 0.4) is 0 Å². The number of oxazole rings is 1.